The third-order valence-corrected chi connectivity index (χ3v) is 2.02. The van der Waals surface area contributed by atoms with Crippen LogP contribution in [0.15, 0.2) is 18.5 Å². The van der Waals surface area contributed by atoms with E-state index in [0.29, 0.717) is 13.0 Å². The highest BCUT2D eigenvalue weighted by molar-refractivity contribution is 5.75. The van der Waals surface area contributed by atoms with E-state index in [1.165, 1.54) is 7.11 Å². The fourth-order valence-corrected chi connectivity index (χ4v) is 1.22. The predicted molar refractivity (Wildman–Crippen MR) is 57.7 cm³/mol. The average molecular weight is 227 g/mol. The molecule has 1 rings (SSSR count). The number of aryl methyl sites for hydroxylation is 1. The molecule has 0 radical (unpaired) electrons. The van der Waals surface area contributed by atoms with Crippen molar-refractivity contribution in [3.63, 3.8) is 0 Å². The largest absolute Gasteiger partial charge is 0.389 e. The fourth-order valence-electron chi connectivity index (χ4n) is 1.22. The SMILES string of the molecule is COCC(O)CNC(=O)CCn1cccn1. The molecule has 0 fully saturated rings. The summed E-state index contributed by atoms with van der Waals surface area (Å²) in [5, 5.41) is 15.9. The molecule has 0 saturated carbocycles. The van der Waals surface area contributed by atoms with Gasteiger partial charge in [0.1, 0.15) is 0 Å². The van der Waals surface area contributed by atoms with Gasteiger partial charge < -0.3 is 15.2 Å². The summed E-state index contributed by atoms with van der Waals surface area (Å²) in [6, 6.07) is 1.81. The molecule has 0 aliphatic rings. The Bertz CT molecular complexity index is 300. The Morgan fingerprint density at radius 3 is 3.12 bits per heavy atom. The van der Waals surface area contributed by atoms with Gasteiger partial charge >= 0.3 is 0 Å². The number of aliphatic hydroxyl groups excluding tert-OH is 1. The van der Waals surface area contributed by atoms with Crippen LogP contribution in [0.4, 0.5) is 0 Å². The standard InChI is InChI=1S/C10H17N3O3/c1-16-8-9(14)7-11-10(15)3-6-13-5-2-4-12-13/h2,4-5,9,14H,3,6-8H2,1H3,(H,11,15). The molecule has 1 heterocycles. The lowest BCUT2D eigenvalue weighted by molar-refractivity contribution is -0.122. The third-order valence-electron chi connectivity index (χ3n) is 2.02. The van der Waals surface area contributed by atoms with Crippen molar-refractivity contribution in [1.82, 2.24) is 15.1 Å². The quantitative estimate of drug-likeness (QED) is 0.652. The van der Waals surface area contributed by atoms with Gasteiger partial charge in [0.25, 0.3) is 0 Å². The van der Waals surface area contributed by atoms with E-state index in [-0.39, 0.29) is 19.1 Å². The molecule has 1 amide bonds. The van der Waals surface area contributed by atoms with Crippen LogP contribution >= 0.6 is 0 Å². The summed E-state index contributed by atoms with van der Waals surface area (Å²) in [4.78, 5) is 11.3. The van der Waals surface area contributed by atoms with E-state index in [1.807, 2.05) is 0 Å². The van der Waals surface area contributed by atoms with Crippen molar-refractivity contribution in [2.75, 3.05) is 20.3 Å². The van der Waals surface area contributed by atoms with E-state index in [2.05, 4.69) is 10.4 Å². The molecule has 0 aliphatic carbocycles. The minimum absolute atomic E-state index is 0.106. The number of aromatic nitrogens is 2. The van der Waals surface area contributed by atoms with Crippen LogP contribution in [-0.4, -0.2) is 47.2 Å². The van der Waals surface area contributed by atoms with Gasteiger partial charge in [-0.1, -0.05) is 0 Å². The van der Waals surface area contributed by atoms with Gasteiger partial charge in [-0.25, -0.2) is 0 Å². The number of hydrogen-bond acceptors (Lipinski definition) is 4. The van der Waals surface area contributed by atoms with Gasteiger partial charge in [0.2, 0.25) is 5.91 Å². The van der Waals surface area contributed by atoms with Crippen LogP contribution in [0, 0.1) is 0 Å². The first kappa shape index (κ1) is 12.7. The Kier molecular flexibility index (Phi) is 5.52. The number of ether oxygens (including phenoxy) is 1. The number of rotatable bonds is 7. The number of aliphatic hydroxyl groups is 1. The number of nitrogens with one attached hydrogen (secondary N) is 1. The normalized spacial score (nSPS) is 12.4. The minimum atomic E-state index is -0.654. The topological polar surface area (TPSA) is 76.4 Å². The molecule has 0 saturated heterocycles. The van der Waals surface area contributed by atoms with Gasteiger partial charge in [-0.3, -0.25) is 9.48 Å². The zero-order chi connectivity index (χ0) is 11.8. The van der Waals surface area contributed by atoms with Gasteiger partial charge in [-0.2, -0.15) is 5.10 Å². The second kappa shape index (κ2) is 6.97. The van der Waals surface area contributed by atoms with Crippen molar-refractivity contribution in [1.29, 1.82) is 0 Å². The van der Waals surface area contributed by atoms with E-state index < -0.39 is 6.10 Å². The number of carbonyl (C=O) groups is 1. The van der Waals surface area contributed by atoms with Crippen molar-refractivity contribution in [3.05, 3.63) is 18.5 Å². The van der Waals surface area contributed by atoms with Crippen LogP contribution in [0.5, 0.6) is 0 Å². The monoisotopic (exact) mass is 227 g/mol. The lowest BCUT2D eigenvalue weighted by Gasteiger charge is -2.10. The zero-order valence-corrected chi connectivity index (χ0v) is 9.30. The maximum absolute atomic E-state index is 11.3. The molecule has 0 bridgehead atoms. The summed E-state index contributed by atoms with van der Waals surface area (Å²) in [5.74, 6) is -0.106. The summed E-state index contributed by atoms with van der Waals surface area (Å²) in [5.41, 5.74) is 0. The molecule has 2 N–H and O–H groups in total. The maximum atomic E-state index is 11.3. The van der Waals surface area contributed by atoms with Crippen LogP contribution in [0.1, 0.15) is 6.42 Å². The molecule has 1 aromatic heterocycles. The summed E-state index contributed by atoms with van der Waals surface area (Å²) < 4.78 is 6.43. The zero-order valence-electron chi connectivity index (χ0n) is 9.30. The summed E-state index contributed by atoms with van der Waals surface area (Å²) in [6.45, 7) is 0.977. The first-order valence-corrected chi connectivity index (χ1v) is 5.13. The highest BCUT2D eigenvalue weighted by Gasteiger charge is 2.06. The van der Waals surface area contributed by atoms with Crippen molar-refractivity contribution in [3.8, 4) is 0 Å². The highest BCUT2D eigenvalue weighted by atomic mass is 16.5. The second-order valence-electron chi connectivity index (χ2n) is 3.43. The summed E-state index contributed by atoms with van der Waals surface area (Å²) >= 11 is 0. The smallest absolute Gasteiger partial charge is 0.221 e. The van der Waals surface area contributed by atoms with E-state index in [9.17, 15) is 9.90 Å². The maximum Gasteiger partial charge on any atom is 0.221 e. The van der Waals surface area contributed by atoms with Gasteiger partial charge in [-0.05, 0) is 6.07 Å². The van der Waals surface area contributed by atoms with Crippen molar-refractivity contribution in [2.24, 2.45) is 0 Å². The Morgan fingerprint density at radius 2 is 2.50 bits per heavy atom. The first-order valence-electron chi connectivity index (χ1n) is 5.13. The molecular formula is C10H17N3O3. The Balaban J connectivity index is 2.11. The van der Waals surface area contributed by atoms with Gasteiger partial charge in [0.15, 0.2) is 0 Å². The van der Waals surface area contributed by atoms with Crippen LogP contribution in [-0.2, 0) is 16.1 Å². The van der Waals surface area contributed by atoms with E-state index in [1.54, 1.807) is 23.1 Å². The number of nitrogens with zero attached hydrogens (tertiary/aromatic N) is 2. The first-order chi connectivity index (χ1) is 7.72. The second-order valence-corrected chi connectivity index (χ2v) is 3.43. The fraction of sp³-hybridized carbons (Fsp3) is 0.600. The molecule has 0 aliphatic heterocycles. The molecule has 6 nitrogen and oxygen atoms in total. The molecule has 0 spiro atoms. The van der Waals surface area contributed by atoms with Crippen LogP contribution in [0.2, 0.25) is 0 Å². The summed E-state index contributed by atoms with van der Waals surface area (Å²) in [7, 11) is 1.50. The number of methoxy groups -OCH3 is 1. The Labute approximate surface area is 94.2 Å². The van der Waals surface area contributed by atoms with Crippen molar-refractivity contribution < 1.29 is 14.6 Å². The Morgan fingerprint density at radius 1 is 1.69 bits per heavy atom. The van der Waals surface area contributed by atoms with Crippen molar-refractivity contribution >= 4 is 5.91 Å². The highest BCUT2D eigenvalue weighted by Crippen LogP contribution is 1.90. The number of hydrogen-bond donors (Lipinski definition) is 2. The van der Waals surface area contributed by atoms with Gasteiger partial charge in [0.05, 0.1) is 12.7 Å². The lowest BCUT2D eigenvalue weighted by atomic mass is 10.3. The molecule has 1 atom stereocenters. The third kappa shape index (κ3) is 4.90. The van der Waals surface area contributed by atoms with E-state index >= 15 is 0 Å². The summed E-state index contributed by atoms with van der Waals surface area (Å²) in [6.07, 6.45) is 3.16. The lowest BCUT2D eigenvalue weighted by Crippen LogP contribution is -2.34. The molecule has 1 unspecified atom stereocenters. The van der Waals surface area contributed by atoms with Crippen LogP contribution < -0.4 is 5.32 Å². The van der Waals surface area contributed by atoms with E-state index in [0.717, 1.165) is 0 Å². The molecule has 1 aromatic rings. The average Bonchev–Trinajstić information content (AvgIpc) is 2.77. The van der Waals surface area contributed by atoms with Gasteiger partial charge in [0, 0.05) is 39.0 Å². The molecule has 90 valence electrons. The van der Waals surface area contributed by atoms with Crippen LogP contribution in [0.25, 0.3) is 0 Å². The Hall–Kier alpha value is -1.40. The van der Waals surface area contributed by atoms with Gasteiger partial charge in [-0.15, -0.1) is 0 Å². The molecule has 0 aromatic carbocycles. The predicted octanol–water partition coefficient (Wildman–Crippen LogP) is -0.603. The van der Waals surface area contributed by atoms with E-state index in [4.69, 9.17) is 4.74 Å². The molecular weight excluding hydrogens is 210 g/mol. The number of carbonyl (C=O) groups excluding carboxylic acids is 1. The van der Waals surface area contributed by atoms with Crippen LogP contribution in [0.3, 0.4) is 0 Å². The number of amides is 1. The molecule has 16 heavy (non-hydrogen) atoms. The minimum Gasteiger partial charge on any atom is -0.389 e. The molecule has 6 heteroatoms. The van der Waals surface area contributed by atoms with Crippen molar-refractivity contribution in [2.45, 2.75) is 19.1 Å².